The molecule has 5 N–H and O–H groups in total. The number of nitrogens with one attached hydrogen (secondary N) is 3. The summed E-state index contributed by atoms with van der Waals surface area (Å²) in [5.41, 5.74) is 8.31. The van der Waals surface area contributed by atoms with E-state index in [1.54, 1.807) is 24.3 Å². The van der Waals surface area contributed by atoms with Crippen molar-refractivity contribution in [3.63, 3.8) is 0 Å². The van der Waals surface area contributed by atoms with Crippen LogP contribution in [0.25, 0.3) is 0 Å². The molecule has 0 aliphatic rings. The van der Waals surface area contributed by atoms with Gasteiger partial charge >= 0.3 is 0 Å². The van der Waals surface area contributed by atoms with Gasteiger partial charge in [0.05, 0.1) is 6.34 Å². The van der Waals surface area contributed by atoms with Crippen LogP contribution in [0.4, 0.5) is 17.1 Å². The van der Waals surface area contributed by atoms with Gasteiger partial charge in [0.25, 0.3) is 0 Å². The minimum absolute atomic E-state index is 0.283. The Hall–Kier alpha value is -3.32. The Morgan fingerprint density at radius 3 is 2.30 bits per heavy atom. The minimum Gasteiger partial charge on any atom is -0.390 e. The third-order valence-electron chi connectivity index (χ3n) is 3.24. The zero-order valence-corrected chi connectivity index (χ0v) is 16.2. The smallest absolute Gasteiger partial charge is 0.247 e. The number of amides is 1. The van der Waals surface area contributed by atoms with E-state index in [4.69, 9.17) is 5.73 Å². The number of hydrogen-bond acceptors (Lipinski definition) is 4. The molecule has 2 rings (SSSR count). The van der Waals surface area contributed by atoms with Crippen LogP contribution in [0.5, 0.6) is 0 Å². The van der Waals surface area contributed by atoms with Gasteiger partial charge in [0.15, 0.2) is 0 Å². The van der Waals surface area contributed by atoms with E-state index in [2.05, 4.69) is 50.0 Å². The van der Waals surface area contributed by atoms with Gasteiger partial charge in [0, 0.05) is 33.3 Å². The molecule has 27 heavy (non-hydrogen) atoms. The van der Waals surface area contributed by atoms with Crippen LogP contribution in [0.3, 0.4) is 0 Å². The van der Waals surface area contributed by atoms with E-state index in [1.807, 2.05) is 30.3 Å². The lowest BCUT2D eigenvalue weighted by Gasteiger charge is -2.11. The fourth-order valence-corrected chi connectivity index (χ4v) is 2.55. The molecule has 0 atom stereocenters. The lowest BCUT2D eigenvalue weighted by Crippen LogP contribution is -2.08. The van der Waals surface area contributed by atoms with Crippen LogP contribution in [0.2, 0.25) is 0 Å². The molecule has 0 fully saturated rings. The largest absolute Gasteiger partial charge is 0.390 e. The summed E-state index contributed by atoms with van der Waals surface area (Å²) in [6, 6.07) is 14.9. The maximum absolute atomic E-state index is 11.4. The highest BCUT2D eigenvalue weighted by Gasteiger charge is 2.02. The number of hydrogen-bond donors (Lipinski definition) is 4. The number of carbonyl (C=O) groups excluding carboxylic acids is 1. The van der Waals surface area contributed by atoms with Gasteiger partial charge in [-0.1, -0.05) is 41.2 Å². The van der Waals surface area contributed by atoms with E-state index in [0.29, 0.717) is 17.2 Å². The Morgan fingerprint density at radius 1 is 1.04 bits per heavy atom. The quantitative estimate of drug-likeness (QED) is 0.217. The molecule has 1 amide bonds. The highest BCUT2D eigenvalue weighted by atomic mass is 79.9. The Bertz CT molecular complexity index is 905. The van der Waals surface area contributed by atoms with E-state index in [1.165, 1.54) is 12.4 Å². The van der Waals surface area contributed by atoms with Crippen LogP contribution in [0.1, 0.15) is 0 Å². The normalized spacial score (nSPS) is 11.1. The highest BCUT2D eigenvalue weighted by molar-refractivity contribution is 9.10. The molecule has 2 aromatic carbocycles. The molecule has 0 spiro atoms. The van der Waals surface area contributed by atoms with E-state index in [9.17, 15) is 4.79 Å². The van der Waals surface area contributed by atoms with Crippen LogP contribution in [0, 0.1) is 0 Å². The van der Waals surface area contributed by atoms with Gasteiger partial charge in [-0.05, 0) is 42.5 Å². The second kappa shape index (κ2) is 9.98. The number of anilines is 3. The van der Waals surface area contributed by atoms with Gasteiger partial charge in [-0.25, -0.2) is 4.99 Å². The summed E-state index contributed by atoms with van der Waals surface area (Å²) in [4.78, 5) is 15.6. The monoisotopic (exact) mass is 425 g/mol. The molecule has 0 aliphatic heterocycles. The number of carbonyl (C=O) groups is 1. The van der Waals surface area contributed by atoms with Crippen molar-refractivity contribution < 1.29 is 4.79 Å². The molecule has 0 aliphatic carbocycles. The van der Waals surface area contributed by atoms with Crippen LogP contribution in [0.15, 0.2) is 94.8 Å². The van der Waals surface area contributed by atoms with E-state index < -0.39 is 0 Å². The molecule has 7 heteroatoms. The first-order valence-electron chi connectivity index (χ1n) is 7.98. The first-order valence-corrected chi connectivity index (χ1v) is 8.77. The molecule has 6 nitrogen and oxygen atoms in total. The molecular formula is C20H20BrN5O. The number of aliphatic imine (C=N–C) groups is 1. The molecule has 0 saturated heterocycles. The lowest BCUT2D eigenvalue weighted by molar-refractivity contribution is -0.111. The summed E-state index contributed by atoms with van der Waals surface area (Å²) in [7, 11) is 0. The third kappa shape index (κ3) is 6.83. The van der Waals surface area contributed by atoms with Crippen molar-refractivity contribution in [1.82, 2.24) is 0 Å². The molecule has 138 valence electrons. The predicted octanol–water partition coefficient (Wildman–Crippen LogP) is 4.44. The fourth-order valence-electron chi connectivity index (χ4n) is 2.15. The number of nitrogens with two attached hydrogens (primary N) is 1. The molecule has 0 radical (unpaired) electrons. The lowest BCUT2D eigenvalue weighted by atomic mass is 10.2. The molecule has 0 bridgehead atoms. The first kappa shape index (κ1) is 20.0. The number of benzene rings is 2. The predicted molar refractivity (Wildman–Crippen MR) is 117 cm³/mol. The summed E-state index contributed by atoms with van der Waals surface area (Å²) in [6.45, 7) is 7.42. The topological polar surface area (TPSA) is 91.5 Å². The van der Waals surface area contributed by atoms with E-state index >= 15 is 0 Å². The van der Waals surface area contributed by atoms with Crippen molar-refractivity contribution >= 4 is 45.2 Å². The van der Waals surface area contributed by atoms with Crippen molar-refractivity contribution in [3.05, 3.63) is 89.8 Å². The van der Waals surface area contributed by atoms with Gasteiger partial charge in [-0.2, -0.15) is 0 Å². The van der Waals surface area contributed by atoms with Gasteiger partial charge in [0.1, 0.15) is 5.82 Å². The van der Waals surface area contributed by atoms with Gasteiger partial charge in [-0.3, -0.25) is 4.79 Å². The summed E-state index contributed by atoms with van der Waals surface area (Å²) in [5, 5.41) is 9.02. The zero-order chi connectivity index (χ0) is 19.6. The van der Waals surface area contributed by atoms with Gasteiger partial charge in [-0.15, -0.1) is 0 Å². The van der Waals surface area contributed by atoms with Crippen molar-refractivity contribution in [2.75, 3.05) is 16.0 Å². The average Bonchev–Trinajstić information content (AvgIpc) is 2.62. The summed E-state index contributed by atoms with van der Waals surface area (Å²) in [6.07, 6.45) is 4.12. The van der Waals surface area contributed by atoms with E-state index in [-0.39, 0.29) is 5.91 Å². The maximum Gasteiger partial charge on any atom is 0.247 e. The van der Waals surface area contributed by atoms with Crippen LogP contribution in [-0.4, -0.2) is 12.2 Å². The Morgan fingerprint density at radius 2 is 1.67 bits per heavy atom. The Kier molecular flexibility index (Phi) is 7.39. The molecule has 0 saturated carbocycles. The summed E-state index contributed by atoms with van der Waals surface area (Å²) < 4.78 is 0.959. The highest BCUT2D eigenvalue weighted by Crippen LogP contribution is 2.20. The second-order valence-electron chi connectivity index (χ2n) is 5.37. The summed E-state index contributed by atoms with van der Waals surface area (Å²) >= 11 is 3.43. The Balaban J connectivity index is 2.13. The first-order chi connectivity index (χ1) is 13.0. The third-order valence-corrected chi connectivity index (χ3v) is 3.74. The molecule has 0 aromatic heterocycles. The van der Waals surface area contributed by atoms with Crippen molar-refractivity contribution in [3.8, 4) is 0 Å². The van der Waals surface area contributed by atoms with Gasteiger partial charge < -0.3 is 21.7 Å². The SMILES string of the molecule is C=CC(=O)Nc1cccc(NC(=C/C(=C)Nc2cccc(Br)c2)/N=C\N)c1. The van der Waals surface area contributed by atoms with Gasteiger partial charge in [0.2, 0.25) is 5.91 Å². The number of halogens is 1. The molecule has 0 heterocycles. The van der Waals surface area contributed by atoms with Crippen LogP contribution in [-0.2, 0) is 4.79 Å². The van der Waals surface area contributed by atoms with Crippen molar-refractivity contribution in [2.24, 2.45) is 10.7 Å². The fraction of sp³-hybridized carbons (Fsp3) is 0. The molecular weight excluding hydrogens is 406 g/mol. The number of allylic oxidation sites excluding steroid dienone is 1. The molecule has 2 aromatic rings. The minimum atomic E-state index is -0.283. The van der Waals surface area contributed by atoms with E-state index in [0.717, 1.165) is 15.8 Å². The second-order valence-corrected chi connectivity index (χ2v) is 6.28. The summed E-state index contributed by atoms with van der Waals surface area (Å²) in [5.74, 6) is 0.201. The Labute approximate surface area is 166 Å². The average molecular weight is 426 g/mol. The maximum atomic E-state index is 11.4. The van der Waals surface area contributed by atoms with Crippen molar-refractivity contribution in [2.45, 2.75) is 0 Å². The van der Waals surface area contributed by atoms with Crippen molar-refractivity contribution in [1.29, 1.82) is 0 Å². The zero-order valence-electron chi connectivity index (χ0n) is 14.6. The number of nitrogens with zero attached hydrogens (tertiary/aromatic N) is 1. The molecule has 0 unspecified atom stereocenters. The van der Waals surface area contributed by atoms with Crippen LogP contribution >= 0.6 is 15.9 Å². The van der Waals surface area contributed by atoms with Crippen LogP contribution < -0.4 is 21.7 Å². The number of rotatable bonds is 8. The standard InChI is InChI=1S/C20H20BrN5O/c1-3-20(27)26-18-9-5-8-17(12-18)25-19(23-13-22)10-14(2)24-16-7-4-6-15(21)11-16/h3-13,24-25H,1-2H2,(H2,22,23)(H,26,27)/b19-10+.